The van der Waals surface area contributed by atoms with E-state index >= 15 is 0 Å². The molecule has 2 amide bonds. The first-order valence-electron chi connectivity index (χ1n) is 7.70. The zero-order valence-corrected chi connectivity index (χ0v) is 12.7. The molecule has 1 aromatic carbocycles. The van der Waals surface area contributed by atoms with E-state index < -0.39 is 0 Å². The number of amides is 2. The third-order valence-corrected chi connectivity index (χ3v) is 3.54. The van der Waals surface area contributed by atoms with Gasteiger partial charge in [-0.25, -0.2) is 0 Å². The van der Waals surface area contributed by atoms with E-state index in [4.69, 9.17) is 10.5 Å². The van der Waals surface area contributed by atoms with E-state index in [9.17, 15) is 9.59 Å². The van der Waals surface area contributed by atoms with Gasteiger partial charge < -0.3 is 20.7 Å². The van der Waals surface area contributed by atoms with Crippen molar-refractivity contribution in [2.24, 2.45) is 5.73 Å². The molecule has 0 atom stereocenters. The molecule has 1 fully saturated rings. The van der Waals surface area contributed by atoms with E-state index in [-0.39, 0.29) is 18.4 Å². The average molecular weight is 305 g/mol. The number of carbonyl (C=O) groups is 2. The van der Waals surface area contributed by atoms with Gasteiger partial charge in [0.15, 0.2) is 6.61 Å². The summed E-state index contributed by atoms with van der Waals surface area (Å²) >= 11 is 0. The second-order valence-corrected chi connectivity index (χ2v) is 5.28. The van der Waals surface area contributed by atoms with Crippen LogP contribution in [0.2, 0.25) is 0 Å². The number of nitrogens with one attached hydrogen (secondary N) is 1. The van der Waals surface area contributed by atoms with E-state index in [0.29, 0.717) is 25.3 Å². The Hall–Kier alpha value is -2.08. The molecule has 1 aliphatic rings. The first kappa shape index (κ1) is 16.3. The van der Waals surface area contributed by atoms with E-state index in [1.807, 2.05) is 12.1 Å². The van der Waals surface area contributed by atoms with E-state index in [0.717, 1.165) is 31.5 Å². The maximum absolute atomic E-state index is 11.7. The number of nitrogens with two attached hydrogens (primary N) is 1. The highest BCUT2D eigenvalue weighted by Gasteiger charge is 2.21. The zero-order valence-electron chi connectivity index (χ0n) is 12.7. The Bertz CT molecular complexity index is 502. The van der Waals surface area contributed by atoms with Crippen molar-refractivity contribution >= 4 is 17.5 Å². The van der Waals surface area contributed by atoms with Crippen LogP contribution in [0.3, 0.4) is 0 Å². The Morgan fingerprint density at radius 1 is 1.27 bits per heavy atom. The van der Waals surface area contributed by atoms with Crippen LogP contribution < -0.4 is 20.7 Å². The highest BCUT2D eigenvalue weighted by Crippen LogP contribution is 2.23. The number of hydrogen-bond acceptors (Lipinski definition) is 4. The Morgan fingerprint density at radius 2 is 2.05 bits per heavy atom. The quantitative estimate of drug-likeness (QED) is 0.703. The number of benzene rings is 1. The minimum Gasteiger partial charge on any atom is -0.484 e. The predicted octanol–water partition coefficient (Wildman–Crippen LogP) is 1.05. The fraction of sp³-hybridized carbons (Fsp3) is 0.500. The van der Waals surface area contributed by atoms with Crippen molar-refractivity contribution in [3.63, 3.8) is 0 Å². The molecule has 120 valence electrons. The summed E-state index contributed by atoms with van der Waals surface area (Å²) < 4.78 is 5.43. The number of hydrogen-bond donors (Lipinski definition) is 2. The van der Waals surface area contributed by atoms with Gasteiger partial charge in [0.1, 0.15) is 5.75 Å². The summed E-state index contributed by atoms with van der Waals surface area (Å²) in [5, 5.41) is 2.78. The molecule has 1 aliphatic heterocycles. The summed E-state index contributed by atoms with van der Waals surface area (Å²) in [6.45, 7) is 2.02. The van der Waals surface area contributed by atoms with Crippen molar-refractivity contribution in [2.75, 3.05) is 31.1 Å². The lowest BCUT2D eigenvalue weighted by Gasteiger charge is -2.16. The number of nitrogens with zero attached hydrogens (tertiary/aromatic N) is 1. The van der Waals surface area contributed by atoms with Crippen LogP contribution in [0.25, 0.3) is 0 Å². The van der Waals surface area contributed by atoms with Crippen molar-refractivity contribution in [1.29, 1.82) is 0 Å². The van der Waals surface area contributed by atoms with Gasteiger partial charge in [-0.05, 0) is 50.1 Å². The molecule has 0 unspecified atom stereocenters. The third kappa shape index (κ3) is 4.73. The zero-order chi connectivity index (χ0) is 15.8. The van der Waals surface area contributed by atoms with E-state index in [1.54, 1.807) is 17.0 Å². The fourth-order valence-electron chi connectivity index (χ4n) is 2.34. The number of ether oxygens (including phenoxy) is 1. The normalized spacial score (nSPS) is 14.2. The second-order valence-electron chi connectivity index (χ2n) is 5.28. The van der Waals surface area contributed by atoms with Gasteiger partial charge in [-0.3, -0.25) is 9.59 Å². The first-order valence-corrected chi connectivity index (χ1v) is 7.70. The molecule has 22 heavy (non-hydrogen) atoms. The maximum atomic E-state index is 11.7. The average Bonchev–Trinajstić information content (AvgIpc) is 2.96. The molecule has 0 aromatic heterocycles. The molecular weight excluding hydrogens is 282 g/mol. The molecular formula is C16H23N3O3. The van der Waals surface area contributed by atoms with Gasteiger partial charge >= 0.3 is 0 Å². The topological polar surface area (TPSA) is 84.7 Å². The first-order chi connectivity index (χ1) is 10.7. The molecule has 1 aromatic rings. The van der Waals surface area contributed by atoms with Crippen molar-refractivity contribution in [3.05, 3.63) is 24.3 Å². The van der Waals surface area contributed by atoms with Crippen LogP contribution in [0, 0.1) is 0 Å². The van der Waals surface area contributed by atoms with Crippen molar-refractivity contribution < 1.29 is 14.3 Å². The summed E-state index contributed by atoms with van der Waals surface area (Å²) in [5.74, 6) is 0.633. The largest absolute Gasteiger partial charge is 0.484 e. The van der Waals surface area contributed by atoms with E-state index in [1.165, 1.54) is 0 Å². The highest BCUT2D eigenvalue weighted by atomic mass is 16.5. The van der Waals surface area contributed by atoms with Crippen molar-refractivity contribution in [3.8, 4) is 5.75 Å². The van der Waals surface area contributed by atoms with Gasteiger partial charge in [-0.15, -0.1) is 0 Å². The van der Waals surface area contributed by atoms with Crippen LogP contribution in [-0.2, 0) is 9.59 Å². The number of anilines is 1. The SMILES string of the molecule is NCCCCNC(=O)COc1ccc(N2CCCC2=O)cc1. The van der Waals surface area contributed by atoms with Gasteiger partial charge in [0, 0.05) is 25.2 Å². The summed E-state index contributed by atoms with van der Waals surface area (Å²) in [4.78, 5) is 25.0. The molecule has 0 saturated carbocycles. The Kier molecular flexibility index (Phi) is 6.21. The molecule has 1 saturated heterocycles. The molecule has 2 rings (SSSR count). The lowest BCUT2D eigenvalue weighted by molar-refractivity contribution is -0.123. The van der Waals surface area contributed by atoms with Gasteiger partial charge in [0.05, 0.1) is 0 Å². The summed E-state index contributed by atoms with van der Waals surface area (Å²) in [6.07, 6.45) is 3.29. The fourth-order valence-corrected chi connectivity index (χ4v) is 2.34. The minimum atomic E-state index is -0.143. The van der Waals surface area contributed by atoms with Crippen molar-refractivity contribution in [1.82, 2.24) is 5.32 Å². The van der Waals surface area contributed by atoms with Gasteiger partial charge in [0.2, 0.25) is 5.91 Å². The minimum absolute atomic E-state index is 0.00931. The van der Waals surface area contributed by atoms with Gasteiger partial charge in [-0.2, -0.15) is 0 Å². The van der Waals surface area contributed by atoms with Crippen LogP contribution in [0.15, 0.2) is 24.3 Å². The Balaban J connectivity index is 1.74. The Labute approximate surface area is 130 Å². The number of unbranched alkanes of at least 4 members (excludes halogenated alkanes) is 1. The predicted molar refractivity (Wildman–Crippen MR) is 84.8 cm³/mol. The number of rotatable bonds is 8. The van der Waals surface area contributed by atoms with Crippen LogP contribution in [0.1, 0.15) is 25.7 Å². The smallest absolute Gasteiger partial charge is 0.257 e. The van der Waals surface area contributed by atoms with Gasteiger partial charge in [0.25, 0.3) is 5.91 Å². The van der Waals surface area contributed by atoms with Gasteiger partial charge in [-0.1, -0.05) is 0 Å². The molecule has 6 nitrogen and oxygen atoms in total. The van der Waals surface area contributed by atoms with Crippen LogP contribution in [-0.4, -0.2) is 38.1 Å². The third-order valence-electron chi connectivity index (χ3n) is 3.54. The summed E-state index contributed by atoms with van der Waals surface area (Å²) in [7, 11) is 0. The van der Waals surface area contributed by atoms with Crippen LogP contribution in [0.4, 0.5) is 5.69 Å². The lowest BCUT2D eigenvalue weighted by atomic mass is 10.3. The molecule has 6 heteroatoms. The molecule has 3 N–H and O–H groups in total. The van der Waals surface area contributed by atoms with E-state index in [2.05, 4.69) is 5.32 Å². The monoisotopic (exact) mass is 305 g/mol. The molecule has 0 spiro atoms. The molecule has 0 aliphatic carbocycles. The second kappa shape index (κ2) is 8.38. The summed E-state index contributed by atoms with van der Waals surface area (Å²) in [5.41, 5.74) is 6.26. The molecule has 0 bridgehead atoms. The molecule has 1 heterocycles. The van der Waals surface area contributed by atoms with Crippen LogP contribution >= 0.6 is 0 Å². The van der Waals surface area contributed by atoms with Crippen LogP contribution in [0.5, 0.6) is 5.75 Å². The Morgan fingerprint density at radius 3 is 2.68 bits per heavy atom. The maximum Gasteiger partial charge on any atom is 0.257 e. The lowest BCUT2D eigenvalue weighted by Crippen LogP contribution is -2.30. The highest BCUT2D eigenvalue weighted by molar-refractivity contribution is 5.95. The number of carbonyl (C=O) groups excluding carboxylic acids is 2. The van der Waals surface area contributed by atoms with Crippen molar-refractivity contribution in [2.45, 2.75) is 25.7 Å². The standard InChI is InChI=1S/C16H23N3O3/c17-9-1-2-10-18-15(20)12-22-14-7-5-13(6-8-14)19-11-3-4-16(19)21/h5-8H,1-4,9-12,17H2,(H,18,20). The summed E-state index contributed by atoms with van der Waals surface area (Å²) in [6, 6.07) is 7.25. The molecule has 0 radical (unpaired) electrons.